The molecule has 4 rings (SSSR count). The number of para-hydroxylation sites is 1. The third-order valence-electron chi connectivity index (χ3n) is 4.81. The average Bonchev–Trinajstić information content (AvgIpc) is 3.29. The van der Waals surface area contributed by atoms with Crippen LogP contribution in [0.25, 0.3) is 6.08 Å². The number of ether oxygens (including phenoxy) is 1. The summed E-state index contributed by atoms with van der Waals surface area (Å²) in [6.07, 6.45) is 3.03. The van der Waals surface area contributed by atoms with Gasteiger partial charge in [-0.15, -0.1) is 11.3 Å². The lowest BCUT2D eigenvalue weighted by Gasteiger charge is -2.17. The molecule has 0 saturated carbocycles. The quantitative estimate of drug-likeness (QED) is 0.310. The number of nitrogens with one attached hydrogen (secondary N) is 1. The maximum absolute atomic E-state index is 12.3. The number of anilines is 3. The van der Waals surface area contributed by atoms with Crippen molar-refractivity contribution in [2.45, 2.75) is 13.8 Å². The Kier molecular flexibility index (Phi) is 7.15. The van der Waals surface area contributed by atoms with E-state index < -0.39 is 0 Å². The zero-order valence-corrected chi connectivity index (χ0v) is 19.6. The maximum atomic E-state index is 12.3. The highest BCUT2D eigenvalue weighted by Crippen LogP contribution is 2.29. The number of thiazole rings is 1. The Hall–Kier alpha value is -4.23. The van der Waals surface area contributed by atoms with Crippen molar-refractivity contribution in [3.63, 3.8) is 0 Å². The molecular formula is C27H23N3O3S. The van der Waals surface area contributed by atoms with Crippen LogP contribution in [0, 0.1) is 6.92 Å². The van der Waals surface area contributed by atoms with E-state index in [0.717, 1.165) is 11.4 Å². The molecule has 1 N–H and O–H groups in total. The van der Waals surface area contributed by atoms with Crippen molar-refractivity contribution in [1.29, 1.82) is 0 Å². The van der Waals surface area contributed by atoms with Gasteiger partial charge in [-0.2, -0.15) is 0 Å². The first-order chi connectivity index (χ1) is 16.5. The number of amides is 2. The number of hydrogen-bond acceptors (Lipinski definition) is 5. The minimum absolute atomic E-state index is 0.136. The van der Waals surface area contributed by atoms with Crippen LogP contribution in [0.4, 0.5) is 16.5 Å². The van der Waals surface area contributed by atoms with Crippen molar-refractivity contribution in [2.75, 3.05) is 10.2 Å². The van der Waals surface area contributed by atoms with Gasteiger partial charge in [0.15, 0.2) is 5.13 Å². The molecule has 0 radical (unpaired) electrons. The van der Waals surface area contributed by atoms with E-state index in [9.17, 15) is 9.59 Å². The Morgan fingerprint density at radius 2 is 1.59 bits per heavy atom. The molecule has 2 amide bonds. The highest BCUT2D eigenvalue weighted by molar-refractivity contribution is 7.14. The van der Waals surface area contributed by atoms with Crippen LogP contribution in [-0.4, -0.2) is 16.8 Å². The molecule has 0 spiro atoms. The van der Waals surface area contributed by atoms with E-state index in [1.165, 1.54) is 29.9 Å². The lowest BCUT2D eigenvalue weighted by Crippen LogP contribution is -2.22. The van der Waals surface area contributed by atoms with Gasteiger partial charge in [-0.1, -0.05) is 35.9 Å². The predicted molar refractivity (Wildman–Crippen MR) is 137 cm³/mol. The number of benzene rings is 3. The van der Waals surface area contributed by atoms with Gasteiger partial charge in [-0.3, -0.25) is 14.5 Å². The molecule has 1 heterocycles. The molecule has 0 atom stereocenters. The molecule has 6 nitrogen and oxygen atoms in total. The Morgan fingerprint density at radius 1 is 0.941 bits per heavy atom. The van der Waals surface area contributed by atoms with Gasteiger partial charge in [0.2, 0.25) is 11.8 Å². The van der Waals surface area contributed by atoms with Crippen LogP contribution in [0.1, 0.15) is 18.2 Å². The van der Waals surface area contributed by atoms with E-state index >= 15 is 0 Å². The average molecular weight is 470 g/mol. The molecule has 1 aromatic heterocycles. The van der Waals surface area contributed by atoms with E-state index in [1.807, 2.05) is 61.5 Å². The second-order valence-electron chi connectivity index (χ2n) is 7.51. The van der Waals surface area contributed by atoms with Crippen LogP contribution in [0.3, 0.4) is 0 Å². The molecule has 0 saturated heterocycles. The van der Waals surface area contributed by atoms with Crippen LogP contribution in [0.2, 0.25) is 0 Å². The summed E-state index contributed by atoms with van der Waals surface area (Å²) >= 11 is 1.34. The van der Waals surface area contributed by atoms with Gasteiger partial charge in [0.25, 0.3) is 0 Å². The molecule has 0 bridgehead atoms. The molecule has 0 unspecified atom stereocenters. The highest BCUT2D eigenvalue weighted by atomic mass is 32.1. The number of carbonyl (C=O) groups is 2. The fourth-order valence-corrected chi connectivity index (χ4v) is 4.01. The van der Waals surface area contributed by atoms with Crippen LogP contribution in [0.15, 0.2) is 90.3 Å². The van der Waals surface area contributed by atoms with Gasteiger partial charge in [0, 0.05) is 24.1 Å². The fraction of sp³-hybridized carbons (Fsp3) is 0.0741. The Balaban J connectivity index is 1.36. The van der Waals surface area contributed by atoms with Crippen molar-refractivity contribution >= 4 is 45.7 Å². The number of rotatable bonds is 7. The molecular weight excluding hydrogens is 446 g/mol. The van der Waals surface area contributed by atoms with Crippen LogP contribution >= 0.6 is 11.3 Å². The standard InChI is InChI=1S/C27H23N3O3S/c1-19-8-13-24(14-9-19)33-25-15-10-21(11-16-25)28-26(32)17-12-22-18-34-27(29-22)30(20(2)31)23-6-4-3-5-7-23/h3-18H,1-2H3,(H,28,32). The van der Waals surface area contributed by atoms with Gasteiger partial charge >= 0.3 is 0 Å². The third-order valence-corrected chi connectivity index (χ3v) is 5.66. The Bertz CT molecular complexity index is 1300. The van der Waals surface area contributed by atoms with Crippen molar-refractivity contribution in [3.05, 3.63) is 102 Å². The minimum Gasteiger partial charge on any atom is -0.457 e. The van der Waals surface area contributed by atoms with Crippen molar-refractivity contribution in [2.24, 2.45) is 0 Å². The van der Waals surface area contributed by atoms with Gasteiger partial charge in [0.05, 0.1) is 11.4 Å². The minimum atomic E-state index is -0.284. The third kappa shape index (κ3) is 5.96. The number of nitrogens with zero attached hydrogens (tertiary/aromatic N) is 2. The zero-order chi connectivity index (χ0) is 23.9. The van der Waals surface area contributed by atoms with E-state index in [4.69, 9.17) is 4.74 Å². The summed E-state index contributed by atoms with van der Waals surface area (Å²) < 4.78 is 5.81. The van der Waals surface area contributed by atoms with Gasteiger partial charge in [-0.05, 0) is 61.5 Å². The highest BCUT2D eigenvalue weighted by Gasteiger charge is 2.17. The Labute approximate surface area is 202 Å². The number of carbonyl (C=O) groups excluding carboxylic acids is 2. The lowest BCUT2D eigenvalue weighted by molar-refractivity contribution is -0.116. The number of aryl methyl sites for hydroxylation is 1. The smallest absolute Gasteiger partial charge is 0.248 e. The molecule has 170 valence electrons. The van der Waals surface area contributed by atoms with E-state index in [1.54, 1.807) is 40.6 Å². The zero-order valence-electron chi connectivity index (χ0n) is 18.8. The van der Waals surface area contributed by atoms with Crippen molar-refractivity contribution in [3.8, 4) is 11.5 Å². The molecule has 0 aliphatic carbocycles. The largest absolute Gasteiger partial charge is 0.457 e. The normalized spacial score (nSPS) is 10.8. The summed E-state index contributed by atoms with van der Waals surface area (Å²) in [5.41, 5.74) is 3.16. The maximum Gasteiger partial charge on any atom is 0.248 e. The summed E-state index contributed by atoms with van der Waals surface area (Å²) in [6, 6.07) is 24.3. The lowest BCUT2D eigenvalue weighted by atomic mass is 10.2. The van der Waals surface area contributed by atoms with E-state index in [-0.39, 0.29) is 11.8 Å². The summed E-state index contributed by atoms with van der Waals surface area (Å²) in [4.78, 5) is 30.5. The van der Waals surface area contributed by atoms with Gasteiger partial charge in [-0.25, -0.2) is 4.98 Å². The second-order valence-corrected chi connectivity index (χ2v) is 8.34. The molecule has 34 heavy (non-hydrogen) atoms. The molecule has 4 aromatic rings. The summed E-state index contributed by atoms with van der Waals surface area (Å²) in [6.45, 7) is 3.52. The predicted octanol–water partition coefficient (Wildman–Crippen LogP) is 6.58. The number of aromatic nitrogens is 1. The Morgan fingerprint density at radius 3 is 2.24 bits per heavy atom. The summed E-state index contributed by atoms with van der Waals surface area (Å²) in [5.74, 6) is 1.02. The molecule has 7 heteroatoms. The van der Waals surface area contributed by atoms with Gasteiger partial charge < -0.3 is 10.1 Å². The summed E-state index contributed by atoms with van der Waals surface area (Å²) in [7, 11) is 0. The molecule has 3 aromatic carbocycles. The van der Waals surface area contributed by atoms with Crippen LogP contribution in [-0.2, 0) is 9.59 Å². The number of hydrogen-bond donors (Lipinski definition) is 1. The first-order valence-electron chi connectivity index (χ1n) is 10.6. The fourth-order valence-electron chi connectivity index (χ4n) is 3.15. The topological polar surface area (TPSA) is 71.5 Å². The van der Waals surface area contributed by atoms with Crippen molar-refractivity contribution < 1.29 is 14.3 Å². The van der Waals surface area contributed by atoms with Crippen LogP contribution < -0.4 is 15.0 Å². The molecule has 0 aliphatic heterocycles. The van der Waals surface area contributed by atoms with Crippen molar-refractivity contribution in [1.82, 2.24) is 4.98 Å². The van der Waals surface area contributed by atoms with Gasteiger partial charge in [0.1, 0.15) is 11.5 Å². The summed E-state index contributed by atoms with van der Waals surface area (Å²) in [5, 5.41) is 5.16. The van der Waals surface area contributed by atoms with Crippen LogP contribution in [0.5, 0.6) is 11.5 Å². The first-order valence-corrected chi connectivity index (χ1v) is 11.5. The first kappa shape index (κ1) is 22.9. The monoisotopic (exact) mass is 469 g/mol. The van der Waals surface area contributed by atoms with E-state index in [0.29, 0.717) is 22.3 Å². The molecule has 0 aliphatic rings. The molecule has 0 fully saturated rings. The SMILES string of the molecule is CC(=O)N(c1ccccc1)c1nc(C=CC(=O)Nc2ccc(Oc3ccc(C)cc3)cc2)cs1. The van der Waals surface area contributed by atoms with E-state index in [2.05, 4.69) is 10.3 Å². The second kappa shape index (κ2) is 10.6.